The molecular formula is C41H41N7O3. The zero-order valence-electron chi connectivity index (χ0n) is 28.9. The van der Waals surface area contributed by atoms with Crippen LogP contribution in [-0.4, -0.2) is 26.6 Å². The summed E-state index contributed by atoms with van der Waals surface area (Å²) in [5, 5.41) is 9.81. The minimum absolute atomic E-state index is 0.112. The van der Waals surface area contributed by atoms with E-state index in [2.05, 4.69) is 55.1 Å². The number of carbonyl (C=O) groups is 1. The highest BCUT2D eigenvalue weighted by Gasteiger charge is 2.20. The number of rotatable bonds is 13. The average Bonchev–Trinajstić information content (AvgIpc) is 3.13. The van der Waals surface area contributed by atoms with Gasteiger partial charge < -0.3 is 30.3 Å². The Labute approximate surface area is 298 Å². The predicted molar refractivity (Wildman–Crippen MR) is 202 cm³/mol. The van der Waals surface area contributed by atoms with Gasteiger partial charge in [0.25, 0.3) is 0 Å². The maximum Gasteiger partial charge on any atom is 0.407 e. The SMILES string of the molecule is CC(C)(C)NC(=O)OCc1cccc(Nc2ncnc(N(Cc3ccccc3)Cc3ccccc3)c2Nc2ccc(Oc3ccccc3)cn2)c1. The van der Waals surface area contributed by atoms with Crippen molar-refractivity contribution in [2.45, 2.75) is 46.0 Å². The first-order valence-electron chi connectivity index (χ1n) is 16.7. The van der Waals surface area contributed by atoms with Crippen LogP contribution in [0, 0.1) is 0 Å². The highest BCUT2D eigenvalue weighted by Crippen LogP contribution is 2.36. The van der Waals surface area contributed by atoms with E-state index in [1.807, 2.05) is 124 Å². The third-order valence-electron chi connectivity index (χ3n) is 7.56. The molecule has 3 N–H and O–H groups in total. The average molecular weight is 680 g/mol. The third-order valence-corrected chi connectivity index (χ3v) is 7.56. The molecule has 0 bridgehead atoms. The van der Waals surface area contributed by atoms with E-state index in [9.17, 15) is 4.79 Å². The number of benzene rings is 4. The van der Waals surface area contributed by atoms with Crippen molar-refractivity contribution in [3.8, 4) is 11.5 Å². The fraction of sp³-hybridized carbons (Fsp3) is 0.171. The molecule has 10 heteroatoms. The molecule has 51 heavy (non-hydrogen) atoms. The molecule has 258 valence electrons. The second-order valence-corrected chi connectivity index (χ2v) is 12.9. The summed E-state index contributed by atoms with van der Waals surface area (Å²) in [4.78, 5) is 28.7. The third kappa shape index (κ3) is 10.3. The van der Waals surface area contributed by atoms with E-state index in [1.165, 1.54) is 0 Å². The van der Waals surface area contributed by atoms with Crippen LogP contribution in [0.25, 0.3) is 0 Å². The van der Waals surface area contributed by atoms with Crippen LogP contribution in [0.1, 0.15) is 37.5 Å². The summed E-state index contributed by atoms with van der Waals surface area (Å²) >= 11 is 0. The standard InChI is InChI=1S/C41H41N7O3/c1-41(2,3)47-40(49)50-28-32-18-13-19-33(24-32)45-38-37(46-36-23-22-35(25-42-36)51-34-20-11-6-12-21-34)39(44-29-43-38)48(26-30-14-7-4-8-15-30)27-31-16-9-5-10-17-31/h4-25,29H,26-28H2,1-3H3,(H,42,46)(H,47,49)(H,43,44,45). The van der Waals surface area contributed by atoms with Crippen molar-refractivity contribution in [1.29, 1.82) is 0 Å². The van der Waals surface area contributed by atoms with Gasteiger partial charge in [0.15, 0.2) is 11.6 Å². The molecule has 0 fully saturated rings. The molecule has 0 spiro atoms. The number of ether oxygens (including phenoxy) is 2. The van der Waals surface area contributed by atoms with Gasteiger partial charge in [-0.3, -0.25) is 0 Å². The summed E-state index contributed by atoms with van der Waals surface area (Å²) < 4.78 is 11.5. The smallest absolute Gasteiger partial charge is 0.407 e. The number of carbonyl (C=O) groups excluding carboxylic acids is 1. The van der Waals surface area contributed by atoms with Crippen LogP contribution >= 0.6 is 0 Å². The first-order chi connectivity index (χ1) is 24.8. The van der Waals surface area contributed by atoms with Gasteiger partial charge in [-0.05, 0) is 73.9 Å². The highest BCUT2D eigenvalue weighted by atomic mass is 16.5. The molecule has 0 unspecified atom stereocenters. The van der Waals surface area contributed by atoms with Crippen LogP contribution in [0.2, 0.25) is 0 Å². The Hall–Kier alpha value is -6.42. The molecule has 6 aromatic rings. The largest absolute Gasteiger partial charge is 0.456 e. The van der Waals surface area contributed by atoms with Gasteiger partial charge >= 0.3 is 6.09 Å². The summed E-state index contributed by atoms with van der Waals surface area (Å²) in [7, 11) is 0. The number of para-hydroxylation sites is 1. The summed E-state index contributed by atoms with van der Waals surface area (Å²) in [5.41, 5.74) is 4.09. The quantitative estimate of drug-likeness (QED) is 0.110. The van der Waals surface area contributed by atoms with Crippen molar-refractivity contribution < 1.29 is 14.3 Å². The van der Waals surface area contributed by atoms with Gasteiger partial charge in [0.05, 0.1) is 6.20 Å². The fourth-order valence-electron chi connectivity index (χ4n) is 5.27. The molecule has 0 saturated carbocycles. The molecule has 0 aliphatic heterocycles. The molecule has 0 radical (unpaired) electrons. The van der Waals surface area contributed by atoms with Crippen LogP contribution in [0.4, 0.5) is 33.6 Å². The molecule has 0 aliphatic rings. The van der Waals surface area contributed by atoms with Crippen LogP contribution < -0.4 is 25.6 Å². The van der Waals surface area contributed by atoms with Gasteiger partial charge in [0, 0.05) is 24.3 Å². The van der Waals surface area contributed by atoms with E-state index in [1.54, 1.807) is 12.5 Å². The minimum Gasteiger partial charge on any atom is -0.456 e. The molecule has 2 aromatic heterocycles. The Kier molecular flexibility index (Phi) is 11.0. The predicted octanol–water partition coefficient (Wildman–Crippen LogP) is 9.38. The van der Waals surface area contributed by atoms with Crippen molar-refractivity contribution in [1.82, 2.24) is 20.3 Å². The lowest BCUT2D eigenvalue weighted by molar-refractivity contribution is 0.131. The topological polar surface area (TPSA) is 114 Å². The number of alkyl carbamates (subject to hydrolysis) is 1. The van der Waals surface area contributed by atoms with Crippen LogP contribution in [0.15, 0.2) is 140 Å². The first-order valence-corrected chi connectivity index (χ1v) is 16.7. The molecule has 10 nitrogen and oxygen atoms in total. The monoisotopic (exact) mass is 679 g/mol. The number of aromatic nitrogens is 3. The number of anilines is 5. The van der Waals surface area contributed by atoms with Crippen LogP contribution in [-0.2, 0) is 24.4 Å². The van der Waals surface area contributed by atoms with Gasteiger partial charge in [-0.25, -0.2) is 19.7 Å². The Bertz CT molecular complexity index is 1960. The lowest BCUT2D eigenvalue weighted by Gasteiger charge is -2.27. The summed E-state index contributed by atoms with van der Waals surface area (Å²) in [6, 6.07) is 41.6. The second kappa shape index (κ2) is 16.3. The fourth-order valence-corrected chi connectivity index (χ4v) is 5.27. The molecule has 0 aliphatic carbocycles. The van der Waals surface area contributed by atoms with Gasteiger partial charge in [0.1, 0.15) is 35.9 Å². The normalized spacial score (nSPS) is 11.0. The number of nitrogens with one attached hydrogen (secondary N) is 3. The Morgan fingerprint density at radius 2 is 1.33 bits per heavy atom. The molecule has 6 rings (SSSR count). The number of pyridine rings is 1. The van der Waals surface area contributed by atoms with Crippen molar-refractivity contribution in [2.75, 3.05) is 15.5 Å². The number of nitrogens with zero attached hydrogens (tertiary/aromatic N) is 4. The summed E-state index contributed by atoms with van der Waals surface area (Å²) in [5.74, 6) is 3.15. The lowest BCUT2D eigenvalue weighted by Crippen LogP contribution is -2.40. The Morgan fingerprint density at radius 3 is 1.96 bits per heavy atom. The molecular weight excluding hydrogens is 638 g/mol. The van der Waals surface area contributed by atoms with Crippen LogP contribution in [0.5, 0.6) is 11.5 Å². The Balaban J connectivity index is 1.33. The maximum atomic E-state index is 12.3. The first kappa shape index (κ1) is 34.4. The van der Waals surface area contributed by atoms with E-state index in [-0.39, 0.29) is 6.61 Å². The number of amides is 1. The van der Waals surface area contributed by atoms with Crippen LogP contribution in [0.3, 0.4) is 0 Å². The molecule has 0 atom stereocenters. The van der Waals surface area contributed by atoms with Crippen molar-refractivity contribution in [2.24, 2.45) is 0 Å². The summed E-state index contributed by atoms with van der Waals surface area (Å²) in [6.07, 6.45) is 2.76. The van der Waals surface area contributed by atoms with E-state index >= 15 is 0 Å². The number of hydrogen-bond acceptors (Lipinski definition) is 9. The van der Waals surface area contributed by atoms with Gasteiger partial charge in [-0.15, -0.1) is 0 Å². The van der Waals surface area contributed by atoms with Gasteiger partial charge in [0.2, 0.25) is 0 Å². The minimum atomic E-state index is -0.475. The Morgan fingerprint density at radius 1 is 0.686 bits per heavy atom. The molecule has 4 aromatic carbocycles. The van der Waals surface area contributed by atoms with Crippen molar-refractivity contribution in [3.05, 3.63) is 157 Å². The van der Waals surface area contributed by atoms with Gasteiger partial charge in [-0.1, -0.05) is 91.0 Å². The zero-order valence-corrected chi connectivity index (χ0v) is 28.9. The van der Waals surface area contributed by atoms with E-state index in [0.717, 1.165) is 28.1 Å². The second-order valence-electron chi connectivity index (χ2n) is 12.9. The molecule has 1 amide bonds. The van der Waals surface area contributed by atoms with Crippen molar-refractivity contribution in [3.63, 3.8) is 0 Å². The van der Waals surface area contributed by atoms with Gasteiger partial charge in [-0.2, -0.15) is 0 Å². The zero-order chi connectivity index (χ0) is 35.5. The van der Waals surface area contributed by atoms with E-state index in [4.69, 9.17) is 14.5 Å². The highest BCUT2D eigenvalue weighted by molar-refractivity contribution is 5.83. The molecule has 2 heterocycles. The van der Waals surface area contributed by atoms with E-state index in [0.29, 0.717) is 42.0 Å². The maximum absolute atomic E-state index is 12.3. The van der Waals surface area contributed by atoms with E-state index < -0.39 is 11.6 Å². The molecule has 0 saturated heterocycles. The van der Waals surface area contributed by atoms with Crippen molar-refractivity contribution >= 4 is 34.9 Å². The number of hydrogen-bond donors (Lipinski definition) is 3. The lowest BCUT2D eigenvalue weighted by atomic mass is 10.1. The summed E-state index contributed by atoms with van der Waals surface area (Å²) in [6.45, 7) is 7.03.